The summed E-state index contributed by atoms with van der Waals surface area (Å²) >= 11 is 1.48. The van der Waals surface area contributed by atoms with E-state index in [-0.39, 0.29) is 17.2 Å². The summed E-state index contributed by atoms with van der Waals surface area (Å²) in [6.07, 6.45) is 2.97. The van der Waals surface area contributed by atoms with Gasteiger partial charge in [0.15, 0.2) is 0 Å². The van der Waals surface area contributed by atoms with Gasteiger partial charge in [-0.1, -0.05) is 30.3 Å². The number of aromatic amines is 1. The first-order valence-corrected chi connectivity index (χ1v) is 18.7. The zero-order valence-corrected chi connectivity index (χ0v) is 29.9. The summed E-state index contributed by atoms with van der Waals surface area (Å²) in [5, 5.41) is 3.02. The maximum absolute atomic E-state index is 16.6. The number of benzene rings is 3. The highest BCUT2D eigenvalue weighted by atomic mass is 32.2. The van der Waals surface area contributed by atoms with Gasteiger partial charge in [0.1, 0.15) is 22.6 Å². The Morgan fingerprint density at radius 3 is 2.56 bits per heavy atom. The number of amides is 2. The molecule has 11 heteroatoms. The highest BCUT2D eigenvalue weighted by Crippen LogP contribution is 2.59. The molecule has 4 aliphatic rings. The van der Waals surface area contributed by atoms with Gasteiger partial charge in [-0.25, -0.2) is 14.4 Å². The first kappa shape index (κ1) is 32.9. The molecule has 2 N–H and O–H groups in total. The van der Waals surface area contributed by atoms with Crippen LogP contribution < -0.4 is 15.1 Å². The number of ether oxygens (including phenoxy) is 1. The van der Waals surface area contributed by atoms with Crippen LogP contribution in [0.3, 0.4) is 0 Å². The van der Waals surface area contributed by atoms with Crippen molar-refractivity contribution in [3.05, 3.63) is 119 Å². The molecule has 9 nitrogen and oxygen atoms in total. The molecule has 6 heterocycles. The van der Waals surface area contributed by atoms with Gasteiger partial charge in [-0.15, -0.1) is 11.8 Å². The van der Waals surface area contributed by atoms with Crippen molar-refractivity contribution in [2.75, 3.05) is 48.0 Å². The molecule has 264 valence electrons. The molecule has 2 fully saturated rings. The normalized spacial score (nSPS) is 22.2. The van der Waals surface area contributed by atoms with Crippen LogP contribution in [0.25, 0.3) is 15.9 Å². The van der Waals surface area contributed by atoms with Crippen molar-refractivity contribution in [2.45, 2.75) is 44.0 Å². The van der Waals surface area contributed by atoms with Gasteiger partial charge in [-0.2, -0.15) is 0 Å². The van der Waals surface area contributed by atoms with E-state index >= 15 is 4.39 Å². The highest BCUT2D eigenvalue weighted by Gasteiger charge is 2.51. The lowest BCUT2D eigenvalue weighted by atomic mass is 9.73. The molecule has 2 unspecified atom stereocenters. The number of alkyl halides is 1. The molecule has 0 bridgehead atoms. The Hall–Kier alpha value is -5.00. The third-order valence-corrected chi connectivity index (χ3v) is 12.6. The minimum atomic E-state index is -1.28. The topological polar surface area (TPSA) is 103 Å². The highest BCUT2D eigenvalue weighted by molar-refractivity contribution is 8.09. The lowest BCUT2D eigenvalue weighted by molar-refractivity contribution is -0.000510. The Morgan fingerprint density at radius 2 is 1.77 bits per heavy atom. The second-order valence-electron chi connectivity index (χ2n) is 14.6. The summed E-state index contributed by atoms with van der Waals surface area (Å²) in [4.78, 5) is 45.4. The summed E-state index contributed by atoms with van der Waals surface area (Å²) in [5.74, 6) is 0.875. The molecule has 52 heavy (non-hydrogen) atoms. The molecule has 2 saturated heterocycles. The van der Waals surface area contributed by atoms with E-state index in [1.54, 1.807) is 35.4 Å². The number of rotatable bonds is 5. The number of nitrogens with zero attached hydrogens (tertiary/aromatic N) is 4. The SMILES string of the molecule is Cc1cnc(N2CC3(CCOCC3)C2)c(C(=O)Nc2ccc(C(=O)N3CCC4=C(SC(C)(c5nc6ccccc6[nH]5)C4F)c4ccccc43)cc2)c1. The van der Waals surface area contributed by atoms with Crippen LogP contribution in [-0.4, -0.2) is 65.8 Å². The van der Waals surface area contributed by atoms with Crippen molar-refractivity contribution >= 4 is 56.7 Å². The van der Waals surface area contributed by atoms with Crippen molar-refractivity contribution in [3.8, 4) is 0 Å². The maximum atomic E-state index is 16.6. The Bertz CT molecular complexity index is 2220. The van der Waals surface area contributed by atoms with Crippen LogP contribution >= 0.6 is 11.8 Å². The minimum absolute atomic E-state index is 0.183. The van der Waals surface area contributed by atoms with Crippen molar-refractivity contribution < 1.29 is 18.7 Å². The predicted molar refractivity (Wildman–Crippen MR) is 204 cm³/mol. The molecular weight excluding hydrogens is 676 g/mol. The quantitative estimate of drug-likeness (QED) is 0.191. The van der Waals surface area contributed by atoms with E-state index in [1.165, 1.54) is 11.8 Å². The van der Waals surface area contributed by atoms with Crippen LogP contribution in [0.15, 0.2) is 90.6 Å². The van der Waals surface area contributed by atoms with Crippen LogP contribution in [-0.2, 0) is 9.48 Å². The van der Waals surface area contributed by atoms with Crippen LogP contribution in [0.5, 0.6) is 0 Å². The number of aryl methyl sites for hydroxylation is 1. The number of thioether (sulfide) groups is 1. The molecule has 2 amide bonds. The van der Waals surface area contributed by atoms with Gasteiger partial charge in [-0.05, 0) is 92.8 Å². The molecule has 0 aliphatic carbocycles. The van der Waals surface area contributed by atoms with Crippen LogP contribution in [0.2, 0.25) is 0 Å². The Kier molecular flexibility index (Phi) is 7.96. The molecule has 9 rings (SSSR count). The van der Waals surface area contributed by atoms with Gasteiger partial charge >= 0.3 is 0 Å². The summed E-state index contributed by atoms with van der Waals surface area (Å²) < 4.78 is 21.3. The Balaban J connectivity index is 0.923. The fraction of sp³-hybridized carbons (Fsp3) is 0.317. The molecule has 3 aromatic carbocycles. The third kappa shape index (κ3) is 5.49. The standard InChI is InChI=1S/C41H39FN6O3S/c1-25-21-30(36(43-22-25)47-23-41(24-47)16-19-51-20-17-41)37(49)44-27-13-11-26(12-14-27)38(50)48-18-15-29-34(28-7-3-6-10-33(28)48)52-40(2,35(29)42)39-45-31-8-4-5-9-32(31)46-39/h3-14,21-22,35H,15-20,23-24H2,1-2H3,(H,44,49)(H,45,46). The fourth-order valence-electron chi connectivity index (χ4n) is 8.13. The largest absolute Gasteiger partial charge is 0.381 e. The number of hydrogen-bond acceptors (Lipinski definition) is 7. The van der Waals surface area contributed by atoms with E-state index in [1.807, 2.05) is 68.4 Å². The lowest BCUT2D eigenvalue weighted by Crippen LogP contribution is -2.59. The van der Waals surface area contributed by atoms with E-state index in [0.29, 0.717) is 47.0 Å². The molecule has 0 radical (unpaired) electrons. The van der Waals surface area contributed by atoms with Crippen LogP contribution in [0, 0.1) is 12.3 Å². The summed E-state index contributed by atoms with van der Waals surface area (Å²) in [6, 6.07) is 24.3. The number of hydrogen-bond donors (Lipinski definition) is 2. The maximum Gasteiger partial charge on any atom is 0.259 e. The average Bonchev–Trinajstić information content (AvgIpc) is 3.66. The van der Waals surface area contributed by atoms with E-state index in [2.05, 4.69) is 20.2 Å². The summed E-state index contributed by atoms with van der Waals surface area (Å²) in [7, 11) is 0. The third-order valence-electron chi connectivity index (χ3n) is 11.1. The number of aromatic nitrogens is 3. The Morgan fingerprint density at radius 1 is 1.02 bits per heavy atom. The van der Waals surface area contributed by atoms with E-state index < -0.39 is 10.9 Å². The van der Waals surface area contributed by atoms with Crippen molar-refractivity contribution in [2.24, 2.45) is 5.41 Å². The number of pyridine rings is 1. The average molecular weight is 715 g/mol. The van der Waals surface area contributed by atoms with Gasteiger partial charge in [0.05, 0.1) is 22.3 Å². The molecular formula is C41H39FN6O3S. The zero-order valence-electron chi connectivity index (χ0n) is 29.1. The number of anilines is 3. The van der Waals surface area contributed by atoms with Crippen LogP contribution in [0.4, 0.5) is 21.6 Å². The van der Waals surface area contributed by atoms with Gasteiger partial charge < -0.3 is 24.8 Å². The second kappa shape index (κ2) is 12.6. The molecule has 1 spiro atoms. The van der Waals surface area contributed by atoms with Gasteiger partial charge in [0, 0.05) is 66.2 Å². The molecule has 2 atom stereocenters. The van der Waals surface area contributed by atoms with Crippen molar-refractivity contribution in [3.63, 3.8) is 0 Å². The first-order chi connectivity index (χ1) is 25.2. The van der Waals surface area contributed by atoms with Crippen molar-refractivity contribution in [1.29, 1.82) is 0 Å². The number of halogens is 1. The van der Waals surface area contributed by atoms with E-state index in [9.17, 15) is 9.59 Å². The first-order valence-electron chi connectivity index (χ1n) is 17.8. The summed E-state index contributed by atoms with van der Waals surface area (Å²) in [6.45, 7) is 7.47. The monoisotopic (exact) mass is 714 g/mol. The van der Waals surface area contributed by atoms with E-state index in [0.717, 1.165) is 71.9 Å². The lowest BCUT2D eigenvalue weighted by Gasteiger charge is -2.53. The zero-order chi connectivity index (χ0) is 35.6. The van der Waals surface area contributed by atoms with Gasteiger partial charge in [-0.3, -0.25) is 9.59 Å². The number of carbonyl (C=O) groups excluding carboxylic acids is 2. The molecule has 4 aliphatic heterocycles. The number of fused-ring (bicyclic) bond motifs is 3. The molecule has 0 saturated carbocycles. The molecule has 2 aromatic heterocycles. The van der Waals surface area contributed by atoms with Crippen LogP contribution in [0.1, 0.15) is 63.9 Å². The van der Waals surface area contributed by atoms with Gasteiger partial charge in [0.2, 0.25) is 0 Å². The predicted octanol–water partition coefficient (Wildman–Crippen LogP) is 7.90. The minimum Gasteiger partial charge on any atom is -0.381 e. The number of imidazole rings is 1. The smallest absolute Gasteiger partial charge is 0.259 e. The van der Waals surface area contributed by atoms with E-state index in [4.69, 9.17) is 9.72 Å². The number of nitrogens with one attached hydrogen (secondary N) is 2. The van der Waals surface area contributed by atoms with Gasteiger partial charge in [0.25, 0.3) is 11.8 Å². The second-order valence-corrected chi connectivity index (χ2v) is 16.1. The summed E-state index contributed by atoms with van der Waals surface area (Å²) in [5.41, 5.74) is 6.71. The molecule has 5 aromatic rings. The fourth-order valence-corrected chi connectivity index (χ4v) is 9.61. The Labute approximate surface area is 305 Å². The number of para-hydroxylation sites is 3. The number of H-pyrrole nitrogens is 1. The number of carbonyl (C=O) groups is 2. The van der Waals surface area contributed by atoms with Crippen molar-refractivity contribution in [1.82, 2.24) is 15.0 Å².